The molecule has 1 N–H and O–H groups in total. The van der Waals surface area contributed by atoms with Gasteiger partial charge in [-0.3, -0.25) is 4.79 Å². The van der Waals surface area contributed by atoms with E-state index in [1.165, 1.54) is 0 Å². The second kappa shape index (κ2) is 9.26. The molecule has 0 aromatic heterocycles. The molecule has 0 spiro atoms. The molecule has 0 amide bonds. The largest absolute Gasteiger partial charge is 0.493 e. The number of ketones is 1. The fourth-order valence-electron chi connectivity index (χ4n) is 2.43. The van der Waals surface area contributed by atoms with Crippen LogP contribution in [0.15, 0.2) is 42.5 Å². The normalized spacial score (nSPS) is 10.9. The summed E-state index contributed by atoms with van der Waals surface area (Å²) in [6.07, 6.45) is 0. The van der Waals surface area contributed by atoms with Crippen molar-refractivity contribution in [2.24, 2.45) is 5.41 Å². The molecule has 2 aromatic rings. The Morgan fingerprint density at radius 1 is 0.964 bits per heavy atom. The predicted octanol–water partition coefficient (Wildman–Crippen LogP) is 4.09. The fraction of sp³-hybridized carbons (Fsp3) is 0.364. The van der Waals surface area contributed by atoms with Crippen LogP contribution in [-0.4, -0.2) is 32.6 Å². The number of para-hydroxylation sites is 1. The second-order valence-corrected chi connectivity index (χ2v) is 7.34. The van der Waals surface area contributed by atoms with Gasteiger partial charge < -0.3 is 19.5 Å². The number of methoxy groups -OCH3 is 2. The third-order valence-electron chi connectivity index (χ3n) is 4.25. The van der Waals surface area contributed by atoms with Gasteiger partial charge in [-0.15, -0.1) is 0 Å². The summed E-state index contributed by atoms with van der Waals surface area (Å²) in [5.74, 6) is 0.624. The summed E-state index contributed by atoms with van der Waals surface area (Å²) >= 11 is 0. The van der Waals surface area contributed by atoms with Crippen molar-refractivity contribution in [1.29, 1.82) is 0 Å². The molecule has 0 atom stereocenters. The maximum Gasteiger partial charge on any atom is 0.340 e. The van der Waals surface area contributed by atoms with Crippen LogP contribution in [0.25, 0.3) is 0 Å². The van der Waals surface area contributed by atoms with Crippen molar-refractivity contribution < 1.29 is 23.8 Å². The van der Waals surface area contributed by atoms with Crippen LogP contribution < -0.4 is 14.8 Å². The van der Waals surface area contributed by atoms with Gasteiger partial charge in [0.2, 0.25) is 0 Å². The molecule has 0 bridgehead atoms. The van der Waals surface area contributed by atoms with Gasteiger partial charge in [0.05, 0.1) is 19.8 Å². The number of ether oxygens (including phenoxy) is 3. The topological polar surface area (TPSA) is 73.9 Å². The standard InChI is InChI=1S/C22H27NO5/c1-22(2,3)20(24)14-28-21(25)16-8-6-7-9-17(16)23-13-15-10-11-18(26-4)19(12-15)27-5/h6-12,23H,13-14H2,1-5H3. The summed E-state index contributed by atoms with van der Waals surface area (Å²) in [5, 5.41) is 3.23. The minimum atomic E-state index is -0.550. The Balaban J connectivity index is 2.08. The van der Waals surface area contributed by atoms with Crippen LogP contribution in [0.2, 0.25) is 0 Å². The molecule has 0 fully saturated rings. The molecule has 150 valence electrons. The molecule has 0 unspecified atom stereocenters. The lowest BCUT2D eigenvalue weighted by molar-refractivity contribution is -0.129. The average molecular weight is 385 g/mol. The summed E-state index contributed by atoms with van der Waals surface area (Å²) in [7, 11) is 3.17. The first-order valence-corrected chi connectivity index (χ1v) is 9.00. The van der Waals surface area contributed by atoms with E-state index in [9.17, 15) is 9.59 Å². The molecule has 6 heteroatoms. The Hall–Kier alpha value is -3.02. The van der Waals surface area contributed by atoms with Crippen molar-refractivity contribution in [1.82, 2.24) is 0 Å². The van der Waals surface area contributed by atoms with Crippen LogP contribution in [-0.2, 0) is 16.1 Å². The van der Waals surface area contributed by atoms with E-state index in [2.05, 4.69) is 5.32 Å². The smallest absolute Gasteiger partial charge is 0.340 e. The van der Waals surface area contributed by atoms with Gasteiger partial charge in [0, 0.05) is 17.6 Å². The lowest BCUT2D eigenvalue weighted by Gasteiger charge is -2.17. The number of rotatable bonds is 8. The van der Waals surface area contributed by atoms with Crippen molar-refractivity contribution in [3.63, 3.8) is 0 Å². The quantitative estimate of drug-likeness (QED) is 0.690. The summed E-state index contributed by atoms with van der Waals surface area (Å²) in [6, 6.07) is 12.7. The van der Waals surface area contributed by atoms with Gasteiger partial charge in [0.15, 0.2) is 23.9 Å². The highest BCUT2D eigenvalue weighted by Gasteiger charge is 2.23. The number of carbonyl (C=O) groups is 2. The molecule has 6 nitrogen and oxygen atoms in total. The predicted molar refractivity (Wildman–Crippen MR) is 108 cm³/mol. The van der Waals surface area contributed by atoms with Crippen LogP contribution >= 0.6 is 0 Å². The van der Waals surface area contributed by atoms with E-state index in [0.29, 0.717) is 29.3 Å². The number of anilines is 1. The van der Waals surface area contributed by atoms with E-state index in [0.717, 1.165) is 5.56 Å². The molecule has 2 aromatic carbocycles. The lowest BCUT2D eigenvalue weighted by Crippen LogP contribution is -2.26. The first-order chi connectivity index (χ1) is 13.3. The Morgan fingerprint density at radius 2 is 1.64 bits per heavy atom. The second-order valence-electron chi connectivity index (χ2n) is 7.34. The van der Waals surface area contributed by atoms with E-state index in [4.69, 9.17) is 14.2 Å². The number of Topliss-reactive ketones (excluding diaryl/α,β-unsaturated/α-hetero) is 1. The molecule has 28 heavy (non-hydrogen) atoms. The molecule has 0 aliphatic rings. The Labute approximate surface area is 165 Å². The van der Waals surface area contributed by atoms with E-state index in [1.807, 2.05) is 24.3 Å². The molecule has 0 aliphatic heterocycles. The van der Waals surface area contributed by atoms with Gasteiger partial charge in [-0.25, -0.2) is 4.79 Å². The minimum absolute atomic E-state index is 0.128. The van der Waals surface area contributed by atoms with Crippen molar-refractivity contribution in [2.75, 3.05) is 26.1 Å². The molecular weight excluding hydrogens is 358 g/mol. The van der Waals surface area contributed by atoms with E-state index >= 15 is 0 Å². The number of hydrogen-bond donors (Lipinski definition) is 1. The maximum absolute atomic E-state index is 12.4. The monoisotopic (exact) mass is 385 g/mol. The zero-order chi connectivity index (χ0) is 20.7. The number of carbonyl (C=O) groups excluding carboxylic acids is 2. The highest BCUT2D eigenvalue weighted by atomic mass is 16.5. The van der Waals surface area contributed by atoms with Crippen LogP contribution in [0.3, 0.4) is 0 Å². The van der Waals surface area contributed by atoms with E-state index in [-0.39, 0.29) is 12.4 Å². The lowest BCUT2D eigenvalue weighted by atomic mass is 9.91. The van der Waals surface area contributed by atoms with Gasteiger partial charge in [-0.05, 0) is 29.8 Å². The van der Waals surface area contributed by atoms with Crippen LogP contribution in [0.5, 0.6) is 11.5 Å². The van der Waals surface area contributed by atoms with Crippen LogP contribution in [0, 0.1) is 5.41 Å². The summed E-state index contributed by atoms with van der Waals surface area (Å²) in [6.45, 7) is 5.61. The zero-order valence-electron chi connectivity index (χ0n) is 17.0. The first-order valence-electron chi connectivity index (χ1n) is 9.00. The van der Waals surface area contributed by atoms with Crippen LogP contribution in [0.1, 0.15) is 36.7 Å². The zero-order valence-corrected chi connectivity index (χ0v) is 17.0. The Bertz CT molecular complexity index is 839. The van der Waals surface area contributed by atoms with Gasteiger partial charge in [-0.2, -0.15) is 0 Å². The minimum Gasteiger partial charge on any atom is -0.493 e. The first kappa shape index (κ1) is 21.3. The molecular formula is C22H27NO5. The maximum atomic E-state index is 12.4. The third-order valence-corrected chi connectivity index (χ3v) is 4.25. The summed E-state index contributed by atoms with van der Waals surface area (Å²) in [4.78, 5) is 24.4. The molecule has 0 radical (unpaired) electrons. The van der Waals surface area contributed by atoms with Gasteiger partial charge in [0.1, 0.15) is 0 Å². The number of esters is 1. The Kier molecular flexibility index (Phi) is 7.04. The van der Waals surface area contributed by atoms with Gasteiger partial charge in [0.25, 0.3) is 0 Å². The number of benzene rings is 2. The highest BCUT2D eigenvalue weighted by Crippen LogP contribution is 2.28. The molecule has 2 rings (SSSR count). The Morgan fingerprint density at radius 3 is 2.29 bits per heavy atom. The van der Waals surface area contributed by atoms with E-state index in [1.54, 1.807) is 53.2 Å². The molecule has 0 heterocycles. The third kappa shape index (κ3) is 5.49. The van der Waals surface area contributed by atoms with E-state index < -0.39 is 11.4 Å². The molecule has 0 aliphatic carbocycles. The fourth-order valence-corrected chi connectivity index (χ4v) is 2.43. The number of nitrogens with one attached hydrogen (secondary N) is 1. The van der Waals surface area contributed by atoms with Gasteiger partial charge >= 0.3 is 5.97 Å². The SMILES string of the molecule is COc1ccc(CNc2ccccc2C(=O)OCC(=O)C(C)(C)C)cc1OC. The van der Waals surface area contributed by atoms with Gasteiger partial charge in [-0.1, -0.05) is 39.0 Å². The number of hydrogen-bond acceptors (Lipinski definition) is 6. The molecule has 0 saturated heterocycles. The summed E-state index contributed by atoms with van der Waals surface area (Å²) < 4.78 is 15.8. The average Bonchev–Trinajstić information content (AvgIpc) is 2.69. The van der Waals surface area contributed by atoms with Crippen molar-refractivity contribution in [2.45, 2.75) is 27.3 Å². The van der Waals surface area contributed by atoms with Crippen LogP contribution in [0.4, 0.5) is 5.69 Å². The van der Waals surface area contributed by atoms with Crippen molar-refractivity contribution in [3.05, 3.63) is 53.6 Å². The molecule has 0 saturated carbocycles. The highest BCUT2D eigenvalue weighted by molar-refractivity contribution is 5.97. The van der Waals surface area contributed by atoms with Crippen molar-refractivity contribution >= 4 is 17.4 Å². The van der Waals surface area contributed by atoms with Crippen molar-refractivity contribution in [3.8, 4) is 11.5 Å². The summed E-state index contributed by atoms with van der Waals surface area (Å²) in [5.41, 5.74) is 1.42.